The lowest BCUT2D eigenvalue weighted by atomic mass is 9.97. The molecule has 8 heteroatoms. The Morgan fingerprint density at radius 2 is 1.97 bits per heavy atom. The number of hydrogen-bond donors (Lipinski definition) is 2. The Morgan fingerprint density at radius 3 is 2.61 bits per heavy atom. The van der Waals surface area contributed by atoms with E-state index in [0.717, 1.165) is 41.4 Å². The molecule has 0 bridgehead atoms. The quantitative estimate of drug-likeness (QED) is 0.641. The molecule has 1 atom stereocenters. The molecule has 1 aromatic heterocycles. The summed E-state index contributed by atoms with van der Waals surface area (Å²) in [6.07, 6.45) is 1.72. The maximum Gasteiger partial charge on any atom is 0.240 e. The topological polar surface area (TPSA) is 83.6 Å². The van der Waals surface area contributed by atoms with Crippen molar-refractivity contribution in [2.24, 2.45) is 11.8 Å². The standard InChI is InChI=1S/C23H32N4O3S/c1-15(2)14-30-20-9-7-19(8-10-20)25-22(29)18-6-5-11-27(12-18)13-21(28)26-23-24-16(3)17(4)31-23/h7-10,15,18H,5-6,11-14H2,1-4H3,(H,25,29)(H,24,26,28). The van der Waals surface area contributed by atoms with Gasteiger partial charge in [0.1, 0.15) is 5.75 Å². The Hall–Kier alpha value is -2.45. The van der Waals surface area contributed by atoms with Crippen LogP contribution in [0.5, 0.6) is 5.75 Å². The van der Waals surface area contributed by atoms with Crippen LogP contribution in [-0.2, 0) is 9.59 Å². The van der Waals surface area contributed by atoms with Gasteiger partial charge in [-0.2, -0.15) is 0 Å². The summed E-state index contributed by atoms with van der Waals surface area (Å²) in [6, 6.07) is 7.47. The van der Waals surface area contributed by atoms with E-state index in [1.54, 1.807) is 0 Å². The number of aryl methyl sites for hydroxylation is 2. The lowest BCUT2D eigenvalue weighted by Crippen LogP contribution is -2.43. The molecule has 0 saturated carbocycles. The van der Waals surface area contributed by atoms with Crippen LogP contribution in [0, 0.1) is 25.7 Å². The van der Waals surface area contributed by atoms with E-state index in [9.17, 15) is 9.59 Å². The van der Waals surface area contributed by atoms with Gasteiger partial charge in [0.15, 0.2) is 5.13 Å². The first kappa shape index (κ1) is 23.2. The lowest BCUT2D eigenvalue weighted by molar-refractivity contribution is -0.123. The molecule has 168 valence electrons. The molecule has 3 rings (SSSR count). The number of anilines is 2. The van der Waals surface area contributed by atoms with Gasteiger partial charge in [0.05, 0.1) is 24.8 Å². The van der Waals surface area contributed by atoms with Crippen molar-refractivity contribution in [1.82, 2.24) is 9.88 Å². The number of hydrogen-bond acceptors (Lipinski definition) is 6. The minimum atomic E-state index is -0.136. The number of carbonyl (C=O) groups is 2. The number of nitrogens with zero attached hydrogens (tertiary/aromatic N) is 2. The highest BCUT2D eigenvalue weighted by atomic mass is 32.1. The largest absolute Gasteiger partial charge is 0.493 e. The predicted molar refractivity (Wildman–Crippen MR) is 125 cm³/mol. The number of aromatic nitrogens is 1. The zero-order valence-electron chi connectivity index (χ0n) is 18.7. The van der Waals surface area contributed by atoms with Crippen molar-refractivity contribution in [3.8, 4) is 5.75 Å². The van der Waals surface area contributed by atoms with Crippen LogP contribution in [0.3, 0.4) is 0 Å². The average Bonchev–Trinajstić information content (AvgIpc) is 3.04. The highest BCUT2D eigenvalue weighted by Crippen LogP contribution is 2.23. The van der Waals surface area contributed by atoms with E-state index in [0.29, 0.717) is 24.2 Å². The average molecular weight is 445 g/mol. The van der Waals surface area contributed by atoms with Crippen molar-refractivity contribution in [3.63, 3.8) is 0 Å². The van der Waals surface area contributed by atoms with E-state index in [-0.39, 0.29) is 24.3 Å². The zero-order valence-corrected chi connectivity index (χ0v) is 19.6. The predicted octanol–water partition coefficient (Wildman–Crippen LogP) is 4.08. The van der Waals surface area contributed by atoms with Gasteiger partial charge in [0.2, 0.25) is 11.8 Å². The Morgan fingerprint density at radius 1 is 1.23 bits per heavy atom. The molecule has 2 aromatic rings. The number of nitrogens with one attached hydrogen (secondary N) is 2. The van der Waals surface area contributed by atoms with Crippen molar-refractivity contribution in [2.75, 3.05) is 36.9 Å². The first-order chi connectivity index (χ1) is 14.8. The minimum Gasteiger partial charge on any atom is -0.493 e. The number of benzene rings is 1. The van der Waals surface area contributed by atoms with E-state index < -0.39 is 0 Å². The highest BCUT2D eigenvalue weighted by molar-refractivity contribution is 7.15. The second-order valence-electron chi connectivity index (χ2n) is 8.50. The maximum absolute atomic E-state index is 12.8. The summed E-state index contributed by atoms with van der Waals surface area (Å²) in [7, 11) is 0. The Bertz CT molecular complexity index is 875. The third-order valence-corrected chi connectivity index (χ3v) is 6.21. The normalized spacial score (nSPS) is 16.9. The number of rotatable bonds is 8. The van der Waals surface area contributed by atoms with Gasteiger partial charge in [-0.3, -0.25) is 14.5 Å². The van der Waals surface area contributed by atoms with Crippen LogP contribution in [0.4, 0.5) is 10.8 Å². The summed E-state index contributed by atoms with van der Waals surface area (Å²) < 4.78 is 5.68. The molecule has 1 aliphatic rings. The van der Waals surface area contributed by atoms with Crippen LogP contribution in [0.25, 0.3) is 0 Å². The Balaban J connectivity index is 1.48. The highest BCUT2D eigenvalue weighted by Gasteiger charge is 2.27. The number of likely N-dealkylation sites (tertiary alicyclic amines) is 1. The van der Waals surface area contributed by atoms with Crippen molar-refractivity contribution in [1.29, 1.82) is 0 Å². The summed E-state index contributed by atoms with van der Waals surface area (Å²) in [5, 5.41) is 6.50. The molecule has 1 saturated heterocycles. The minimum absolute atomic E-state index is 0.00729. The third kappa shape index (κ3) is 7.04. The number of carbonyl (C=O) groups excluding carboxylic acids is 2. The van der Waals surface area contributed by atoms with Crippen molar-refractivity contribution < 1.29 is 14.3 Å². The van der Waals surface area contributed by atoms with Gasteiger partial charge in [-0.25, -0.2) is 4.98 Å². The first-order valence-corrected chi connectivity index (χ1v) is 11.6. The monoisotopic (exact) mass is 444 g/mol. The molecule has 1 fully saturated rings. The van der Waals surface area contributed by atoms with E-state index >= 15 is 0 Å². The van der Waals surface area contributed by atoms with Crippen LogP contribution in [0.15, 0.2) is 24.3 Å². The lowest BCUT2D eigenvalue weighted by Gasteiger charge is -2.31. The third-order valence-electron chi connectivity index (χ3n) is 5.22. The second kappa shape index (κ2) is 10.7. The second-order valence-corrected chi connectivity index (χ2v) is 9.70. The van der Waals surface area contributed by atoms with Crippen LogP contribution < -0.4 is 15.4 Å². The SMILES string of the molecule is Cc1nc(NC(=O)CN2CCCC(C(=O)Nc3ccc(OCC(C)C)cc3)C2)sc1C. The van der Waals surface area contributed by atoms with Crippen molar-refractivity contribution >= 4 is 34.0 Å². The fourth-order valence-electron chi connectivity index (χ4n) is 3.44. The van der Waals surface area contributed by atoms with Crippen molar-refractivity contribution in [3.05, 3.63) is 34.8 Å². The molecule has 2 N–H and O–H groups in total. The maximum atomic E-state index is 12.8. The first-order valence-electron chi connectivity index (χ1n) is 10.8. The van der Waals surface area contributed by atoms with Gasteiger partial charge >= 0.3 is 0 Å². The zero-order chi connectivity index (χ0) is 22.4. The summed E-state index contributed by atoms with van der Waals surface area (Å²) in [5.74, 6) is 1.03. The van der Waals surface area contributed by atoms with Crippen molar-refractivity contribution in [2.45, 2.75) is 40.5 Å². The molecule has 2 amide bonds. The molecule has 1 aromatic carbocycles. The van der Waals surface area contributed by atoms with E-state index in [1.807, 2.05) is 43.0 Å². The molecule has 0 radical (unpaired) electrons. The Labute approximate surface area is 188 Å². The molecule has 0 spiro atoms. The molecule has 1 aliphatic heterocycles. The van der Waals surface area contributed by atoms with Crippen LogP contribution in [0.2, 0.25) is 0 Å². The molecular formula is C23H32N4O3S. The summed E-state index contributed by atoms with van der Waals surface area (Å²) in [6.45, 7) is 10.5. The molecule has 1 unspecified atom stereocenters. The molecule has 0 aliphatic carbocycles. The van der Waals surface area contributed by atoms with Gasteiger partial charge in [-0.15, -0.1) is 11.3 Å². The van der Waals surface area contributed by atoms with Gasteiger partial charge in [0.25, 0.3) is 0 Å². The van der Waals surface area contributed by atoms with Gasteiger partial charge in [-0.05, 0) is 63.4 Å². The van der Waals surface area contributed by atoms with E-state index in [4.69, 9.17) is 4.74 Å². The molecular weight excluding hydrogens is 412 g/mol. The summed E-state index contributed by atoms with van der Waals surface area (Å²) >= 11 is 1.48. The number of piperidine rings is 1. The Kier molecular flexibility index (Phi) is 8.03. The van der Waals surface area contributed by atoms with Crippen LogP contribution in [-0.4, -0.2) is 47.9 Å². The fourth-order valence-corrected chi connectivity index (χ4v) is 4.27. The van der Waals surface area contributed by atoms with Gasteiger partial charge < -0.3 is 15.4 Å². The molecule has 2 heterocycles. The number of thiazole rings is 1. The summed E-state index contributed by atoms with van der Waals surface area (Å²) in [5.41, 5.74) is 1.70. The van der Waals surface area contributed by atoms with Crippen LogP contribution >= 0.6 is 11.3 Å². The van der Waals surface area contributed by atoms with E-state index in [1.165, 1.54) is 11.3 Å². The fraction of sp³-hybridized carbons (Fsp3) is 0.522. The smallest absolute Gasteiger partial charge is 0.240 e. The molecule has 31 heavy (non-hydrogen) atoms. The van der Waals surface area contributed by atoms with E-state index in [2.05, 4.69) is 29.5 Å². The van der Waals surface area contributed by atoms with Crippen LogP contribution in [0.1, 0.15) is 37.3 Å². The number of ether oxygens (including phenoxy) is 1. The van der Waals surface area contributed by atoms with Gasteiger partial charge in [0, 0.05) is 17.1 Å². The summed E-state index contributed by atoms with van der Waals surface area (Å²) in [4.78, 5) is 32.6. The number of amides is 2. The molecule has 7 nitrogen and oxygen atoms in total. The van der Waals surface area contributed by atoms with Gasteiger partial charge in [-0.1, -0.05) is 13.8 Å².